The minimum Gasteiger partial charge on any atom is -0.378 e. The third kappa shape index (κ3) is 3.64. The van der Waals surface area contributed by atoms with E-state index in [1.54, 1.807) is 41.2 Å². The van der Waals surface area contributed by atoms with Crippen LogP contribution in [0.15, 0.2) is 67.0 Å². The van der Waals surface area contributed by atoms with Gasteiger partial charge >= 0.3 is 0 Å². The molecule has 1 unspecified atom stereocenters. The maximum atomic E-state index is 12.2. The molecule has 1 heterocycles. The van der Waals surface area contributed by atoms with Gasteiger partial charge in [-0.15, -0.1) is 0 Å². The summed E-state index contributed by atoms with van der Waals surface area (Å²) in [5.41, 5.74) is 1.44. The van der Waals surface area contributed by atoms with Crippen LogP contribution in [-0.2, 0) is 11.3 Å². The molecule has 6 heteroatoms. The number of hydrogen-bond acceptors (Lipinski definition) is 3. The van der Waals surface area contributed by atoms with E-state index in [-0.39, 0.29) is 0 Å². The molecule has 1 atom stereocenters. The highest BCUT2D eigenvalue weighted by atomic mass is 35.5. The van der Waals surface area contributed by atoms with Crippen LogP contribution in [0.25, 0.3) is 0 Å². The van der Waals surface area contributed by atoms with E-state index < -0.39 is 12.0 Å². The van der Waals surface area contributed by atoms with Crippen molar-refractivity contribution in [1.29, 1.82) is 0 Å². The minimum absolute atomic E-state index is 0.356. The summed E-state index contributed by atoms with van der Waals surface area (Å²) in [4.78, 5) is 16.4. The molecule has 0 aliphatic carbocycles. The Labute approximate surface area is 144 Å². The van der Waals surface area contributed by atoms with E-state index in [9.17, 15) is 9.90 Å². The van der Waals surface area contributed by atoms with Crippen molar-refractivity contribution in [2.75, 3.05) is 5.32 Å². The van der Waals surface area contributed by atoms with Crippen molar-refractivity contribution in [2.24, 2.45) is 0 Å². The molecule has 0 fully saturated rings. The number of nitrogens with one attached hydrogen (secondary N) is 1. The molecule has 3 aromatic rings. The number of rotatable bonds is 5. The van der Waals surface area contributed by atoms with Gasteiger partial charge in [0.15, 0.2) is 6.10 Å². The van der Waals surface area contributed by atoms with Crippen LogP contribution in [0.5, 0.6) is 0 Å². The lowest BCUT2D eigenvalue weighted by Gasteiger charge is -2.13. The van der Waals surface area contributed by atoms with E-state index in [0.29, 0.717) is 23.1 Å². The van der Waals surface area contributed by atoms with Gasteiger partial charge < -0.3 is 9.67 Å². The molecule has 122 valence electrons. The minimum atomic E-state index is -1.25. The van der Waals surface area contributed by atoms with Crippen molar-refractivity contribution < 1.29 is 9.90 Å². The standard InChI is InChI=1S/C18H16ClN3O2/c19-15-9-5-4-8-14(15)12-22-11-10-20-18(22)21-17(24)16(23)13-6-2-1-3-7-13/h1-11,16,23H,12H2,(H,20,21,24). The number of nitrogens with zero attached hydrogens (tertiary/aromatic N) is 2. The van der Waals surface area contributed by atoms with E-state index in [1.165, 1.54) is 0 Å². The lowest BCUT2D eigenvalue weighted by atomic mass is 10.1. The Balaban J connectivity index is 1.74. The van der Waals surface area contributed by atoms with Gasteiger partial charge in [-0.1, -0.05) is 60.1 Å². The van der Waals surface area contributed by atoms with Crippen molar-refractivity contribution >= 4 is 23.5 Å². The van der Waals surface area contributed by atoms with E-state index in [1.807, 2.05) is 30.3 Å². The Hall–Kier alpha value is -2.63. The number of amides is 1. The second-order valence-corrected chi connectivity index (χ2v) is 5.68. The molecule has 2 aromatic carbocycles. The fraction of sp³-hybridized carbons (Fsp3) is 0.111. The van der Waals surface area contributed by atoms with E-state index in [2.05, 4.69) is 10.3 Å². The molecule has 5 nitrogen and oxygen atoms in total. The normalized spacial score (nSPS) is 11.9. The van der Waals surface area contributed by atoms with Crippen LogP contribution in [0.4, 0.5) is 5.95 Å². The molecular weight excluding hydrogens is 326 g/mol. The predicted octanol–water partition coefficient (Wildman–Crippen LogP) is 3.26. The van der Waals surface area contributed by atoms with E-state index in [0.717, 1.165) is 5.56 Å². The number of benzene rings is 2. The Kier molecular flexibility index (Phi) is 4.93. The second-order valence-electron chi connectivity index (χ2n) is 5.27. The molecule has 1 amide bonds. The lowest BCUT2D eigenvalue weighted by molar-refractivity contribution is -0.124. The molecule has 2 N–H and O–H groups in total. The molecule has 0 radical (unpaired) electrons. The van der Waals surface area contributed by atoms with E-state index >= 15 is 0 Å². The lowest BCUT2D eigenvalue weighted by Crippen LogP contribution is -2.23. The van der Waals surface area contributed by atoms with Gasteiger partial charge in [0.1, 0.15) is 0 Å². The summed E-state index contributed by atoms with van der Waals surface area (Å²) in [5.74, 6) is -0.178. The van der Waals surface area contributed by atoms with Crippen LogP contribution in [0.1, 0.15) is 17.2 Å². The van der Waals surface area contributed by atoms with Gasteiger partial charge in [0.2, 0.25) is 5.95 Å². The number of anilines is 1. The number of aliphatic hydroxyl groups excluding tert-OH is 1. The fourth-order valence-electron chi connectivity index (χ4n) is 2.34. The number of aromatic nitrogens is 2. The Morgan fingerprint density at radius 3 is 2.62 bits per heavy atom. The predicted molar refractivity (Wildman–Crippen MR) is 92.8 cm³/mol. The van der Waals surface area contributed by atoms with Crippen LogP contribution in [0, 0.1) is 0 Å². The van der Waals surface area contributed by atoms with Crippen molar-refractivity contribution in [1.82, 2.24) is 9.55 Å². The third-order valence-electron chi connectivity index (χ3n) is 3.61. The summed E-state index contributed by atoms with van der Waals surface area (Å²) in [6.07, 6.45) is 2.08. The van der Waals surface area contributed by atoms with Crippen molar-refractivity contribution in [2.45, 2.75) is 12.6 Å². The molecule has 3 rings (SSSR count). The van der Waals surface area contributed by atoms with Gasteiger partial charge in [0, 0.05) is 17.4 Å². The average molecular weight is 342 g/mol. The number of imidazole rings is 1. The average Bonchev–Trinajstić information content (AvgIpc) is 3.04. The molecule has 0 aliphatic rings. The van der Waals surface area contributed by atoms with Crippen LogP contribution < -0.4 is 5.32 Å². The van der Waals surface area contributed by atoms with Crippen LogP contribution in [0.2, 0.25) is 5.02 Å². The number of hydrogen-bond donors (Lipinski definition) is 2. The monoisotopic (exact) mass is 341 g/mol. The highest BCUT2D eigenvalue weighted by Crippen LogP contribution is 2.19. The first-order chi connectivity index (χ1) is 11.6. The molecule has 0 bridgehead atoms. The topological polar surface area (TPSA) is 67.2 Å². The molecular formula is C18H16ClN3O2. The van der Waals surface area contributed by atoms with Gasteiger partial charge in [-0.25, -0.2) is 4.98 Å². The maximum absolute atomic E-state index is 12.2. The Morgan fingerprint density at radius 1 is 1.17 bits per heavy atom. The van der Waals surface area contributed by atoms with Crippen molar-refractivity contribution in [3.8, 4) is 0 Å². The Morgan fingerprint density at radius 2 is 1.88 bits per heavy atom. The largest absolute Gasteiger partial charge is 0.378 e. The highest BCUT2D eigenvalue weighted by Gasteiger charge is 2.19. The first kappa shape index (κ1) is 16.2. The number of carbonyl (C=O) groups excluding carboxylic acids is 1. The van der Waals surface area contributed by atoms with Crippen LogP contribution in [-0.4, -0.2) is 20.6 Å². The summed E-state index contributed by atoms with van der Waals surface area (Å²) in [6.45, 7) is 0.469. The molecule has 0 saturated carbocycles. The summed E-state index contributed by atoms with van der Waals surface area (Å²) in [7, 11) is 0. The summed E-state index contributed by atoms with van der Waals surface area (Å²) in [6, 6.07) is 16.2. The van der Waals surface area contributed by atoms with Crippen LogP contribution >= 0.6 is 11.6 Å². The first-order valence-electron chi connectivity index (χ1n) is 7.43. The SMILES string of the molecule is O=C(Nc1nccn1Cc1ccccc1Cl)C(O)c1ccccc1. The first-order valence-corrected chi connectivity index (χ1v) is 7.81. The third-order valence-corrected chi connectivity index (χ3v) is 3.98. The zero-order valence-corrected chi connectivity index (χ0v) is 13.5. The zero-order chi connectivity index (χ0) is 16.9. The second kappa shape index (κ2) is 7.29. The van der Waals surface area contributed by atoms with E-state index in [4.69, 9.17) is 11.6 Å². The van der Waals surface area contributed by atoms with Gasteiger partial charge in [0.05, 0.1) is 6.54 Å². The van der Waals surface area contributed by atoms with Crippen molar-refractivity contribution in [3.63, 3.8) is 0 Å². The molecule has 0 aliphatic heterocycles. The summed E-state index contributed by atoms with van der Waals surface area (Å²) >= 11 is 6.17. The van der Waals surface area contributed by atoms with Crippen LogP contribution in [0.3, 0.4) is 0 Å². The van der Waals surface area contributed by atoms with Gasteiger partial charge in [-0.05, 0) is 17.2 Å². The van der Waals surface area contributed by atoms with Gasteiger partial charge in [-0.3, -0.25) is 10.1 Å². The fourth-order valence-corrected chi connectivity index (χ4v) is 2.53. The molecule has 0 spiro atoms. The molecule has 24 heavy (non-hydrogen) atoms. The smallest absolute Gasteiger partial charge is 0.260 e. The highest BCUT2D eigenvalue weighted by molar-refractivity contribution is 6.31. The van der Waals surface area contributed by atoms with Gasteiger partial charge in [-0.2, -0.15) is 0 Å². The number of halogens is 1. The summed E-state index contributed by atoms with van der Waals surface area (Å²) < 4.78 is 1.76. The summed E-state index contributed by atoms with van der Waals surface area (Å²) in [5, 5.41) is 13.4. The molecule has 0 saturated heterocycles. The maximum Gasteiger partial charge on any atom is 0.260 e. The van der Waals surface area contributed by atoms with Gasteiger partial charge in [0.25, 0.3) is 5.91 Å². The number of aliphatic hydroxyl groups is 1. The van der Waals surface area contributed by atoms with Crippen molar-refractivity contribution in [3.05, 3.63) is 83.1 Å². The Bertz CT molecular complexity index is 833. The quantitative estimate of drug-likeness (QED) is 0.748. The molecule has 1 aromatic heterocycles. The number of carbonyl (C=O) groups is 1. The zero-order valence-electron chi connectivity index (χ0n) is 12.8.